The lowest BCUT2D eigenvalue weighted by Gasteiger charge is -2.35. The number of carbonyl (C=O) groups excluding carboxylic acids is 1. The monoisotopic (exact) mass is 540 g/mol. The Morgan fingerprint density at radius 2 is 1.73 bits per heavy atom. The van der Waals surface area contributed by atoms with Gasteiger partial charge in [0, 0.05) is 54.7 Å². The van der Waals surface area contributed by atoms with E-state index in [2.05, 4.69) is 39.8 Å². The molecule has 0 aliphatic carbocycles. The minimum Gasteiger partial charge on any atom is -0.497 e. The molecule has 5 heterocycles. The van der Waals surface area contributed by atoms with Crippen molar-refractivity contribution in [1.82, 2.24) is 24.3 Å². The Kier molecular flexibility index (Phi) is 6.28. The molecule has 1 fully saturated rings. The second kappa shape index (κ2) is 10.4. The maximum atomic E-state index is 12.9. The molecule has 1 aliphatic rings. The van der Waals surface area contributed by atoms with Crippen LogP contribution in [0.4, 0.5) is 5.82 Å². The first kappa shape index (κ1) is 24.8. The number of ether oxygens (including phenoxy) is 1. The van der Waals surface area contributed by atoms with Crippen LogP contribution in [0.2, 0.25) is 0 Å². The summed E-state index contributed by atoms with van der Waals surface area (Å²) >= 11 is 0. The Labute approximate surface area is 237 Å². The maximum absolute atomic E-state index is 12.9. The Morgan fingerprint density at radius 1 is 0.854 bits per heavy atom. The number of nitrogens with zero attached hydrogens (tertiary/aromatic N) is 6. The van der Waals surface area contributed by atoms with Gasteiger partial charge in [-0.1, -0.05) is 30.3 Å². The lowest BCUT2D eigenvalue weighted by molar-refractivity contribution is -0.131. The van der Waals surface area contributed by atoms with Crippen LogP contribution in [0.15, 0.2) is 104 Å². The summed E-state index contributed by atoms with van der Waals surface area (Å²) in [6, 6.07) is 26.2. The molecule has 1 amide bonds. The number of piperazine rings is 1. The van der Waals surface area contributed by atoms with E-state index in [-0.39, 0.29) is 5.91 Å². The number of imidazole rings is 1. The van der Waals surface area contributed by atoms with Gasteiger partial charge >= 0.3 is 0 Å². The maximum Gasteiger partial charge on any atom is 0.242 e. The highest BCUT2D eigenvalue weighted by atomic mass is 16.5. The SMILES string of the molecule is COc1ccc(CN2CCN(c3ccc(-c4ccn5c(-c6ccnc7ccccc67)cnc5c4)cn3)CC2=O)cc1. The predicted molar refractivity (Wildman–Crippen MR) is 160 cm³/mol. The summed E-state index contributed by atoms with van der Waals surface area (Å²) in [5, 5.41) is 1.10. The molecule has 8 heteroatoms. The summed E-state index contributed by atoms with van der Waals surface area (Å²) in [6.45, 7) is 2.30. The molecule has 0 spiro atoms. The van der Waals surface area contributed by atoms with Gasteiger partial charge in [-0.15, -0.1) is 0 Å². The molecule has 1 aliphatic heterocycles. The van der Waals surface area contributed by atoms with Crippen LogP contribution in [0.5, 0.6) is 5.75 Å². The number of aromatic nitrogens is 4. The summed E-state index contributed by atoms with van der Waals surface area (Å²) in [4.78, 5) is 30.8. The molecule has 0 bridgehead atoms. The quantitative estimate of drug-likeness (QED) is 0.279. The molecule has 0 atom stereocenters. The smallest absolute Gasteiger partial charge is 0.242 e. The molecule has 0 unspecified atom stereocenters. The van der Waals surface area contributed by atoms with Crippen molar-refractivity contribution in [2.75, 3.05) is 31.6 Å². The fourth-order valence-electron chi connectivity index (χ4n) is 5.45. The van der Waals surface area contributed by atoms with Gasteiger partial charge in [-0.2, -0.15) is 0 Å². The van der Waals surface area contributed by atoms with Gasteiger partial charge in [0.1, 0.15) is 17.2 Å². The largest absolute Gasteiger partial charge is 0.497 e. The lowest BCUT2D eigenvalue weighted by Crippen LogP contribution is -2.50. The van der Waals surface area contributed by atoms with E-state index in [1.54, 1.807) is 7.11 Å². The van der Waals surface area contributed by atoms with Crippen LogP contribution in [-0.2, 0) is 11.3 Å². The summed E-state index contributed by atoms with van der Waals surface area (Å²) in [5.74, 6) is 1.72. The molecule has 202 valence electrons. The van der Waals surface area contributed by atoms with Gasteiger partial charge in [0.05, 0.1) is 31.1 Å². The summed E-state index contributed by atoms with van der Waals surface area (Å²) in [6.07, 6.45) is 7.67. The van der Waals surface area contributed by atoms with E-state index in [1.165, 1.54) is 0 Å². The average molecular weight is 541 g/mol. The standard InChI is InChI=1S/C33H28N6O2/c1-41-26-9-6-23(7-10-26)21-38-17-16-37(22-33(38)40)31-11-8-25(19-35-31)24-13-15-39-30(20-36-32(39)18-24)28-12-14-34-29-5-3-2-4-27(28)29/h2-15,18-20H,16-17,21-22H2,1H3. The van der Waals surface area contributed by atoms with E-state index in [9.17, 15) is 4.79 Å². The number of rotatable bonds is 6. The van der Waals surface area contributed by atoms with Gasteiger partial charge in [0.2, 0.25) is 5.91 Å². The Hall–Kier alpha value is -5.24. The number of fused-ring (bicyclic) bond motifs is 2. The molecule has 1 saturated heterocycles. The van der Waals surface area contributed by atoms with Crippen molar-refractivity contribution in [2.45, 2.75) is 6.54 Å². The van der Waals surface area contributed by atoms with E-state index < -0.39 is 0 Å². The van der Waals surface area contributed by atoms with Crippen LogP contribution in [0.1, 0.15) is 5.56 Å². The van der Waals surface area contributed by atoms with Crippen LogP contribution in [0.25, 0.3) is 38.9 Å². The third-order valence-electron chi connectivity index (χ3n) is 7.69. The molecule has 2 aromatic carbocycles. The minimum atomic E-state index is 0.0977. The number of para-hydroxylation sites is 1. The van der Waals surface area contributed by atoms with Crippen molar-refractivity contribution < 1.29 is 9.53 Å². The fraction of sp³-hybridized carbons (Fsp3) is 0.152. The number of benzene rings is 2. The highest BCUT2D eigenvalue weighted by molar-refractivity contribution is 5.93. The number of pyridine rings is 3. The molecule has 6 aromatic rings. The van der Waals surface area contributed by atoms with Gasteiger partial charge in [-0.3, -0.25) is 14.2 Å². The van der Waals surface area contributed by atoms with Gasteiger partial charge in [-0.05, 0) is 59.7 Å². The Morgan fingerprint density at radius 3 is 2.54 bits per heavy atom. The zero-order valence-corrected chi connectivity index (χ0v) is 22.6. The lowest BCUT2D eigenvalue weighted by atomic mass is 10.1. The molecule has 0 N–H and O–H groups in total. The van der Waals surface area contributed by atoms with Crippen LogP contribution >= 0.6 is 0 Å². The van der Waals surface area contributed by atoms with Crippen molar-refractivity contribution in [2.24, 2.45) is 0 Å². The van der Waals surface area contributed by atoms with Crippen LogP contribution < -0.4 is 9.64 Å². The van der Waals surface area contributed by atoms with E-state index >= 15 is 0 Å². The van der Waals surface area contributed by atoms with Crippen LogP contribution in [0, 0.1) is 0 Å². The molecule has 4 aromatic heterocycles. The molecular formula is C33H28N6O2. The Balaban J connectivity index is 1.06. The second-order valence-corrected chi connectivity index (χ2v) is 10.2. The van der Waals surface area contributed by atoms with E-state index in [4.69, 9.17) is 14.7 Å². The highest BCUT2D eigenvalue weighted by Gasteiger charge is 2.25. The average Bonchev–Trinajstić information content (AvgIpc) is 3.45. The Bertz CT molecular complexity index is 1860. The van der Waals surface area contributed by atoms with Gasteiger partial charge in [0.25, 0.3) is 0 Å². The molecule has 8 nitrogen and oxygen atoms in total. The van der Waals surface area contributed by atoms with Crippen LogP contribution in [0.3, 0.4) is 0 Å². The fourth-order valence-corrected chi connectivity index (χ4v) is 5.45. The number of anilines is 1. The normalized spacial score (nSPS) is 13.7. The zero-order valence-electron chi connectivity index (χ0n) is 22.6. The number of methoxy groups -OCH3 is 1. The molecular weight excluding hydrogens is 512 g/mol. The van der Waals surface area contributed by atoms with Crippen molar-refractivity contribution in [3.8, 4) is 28.1 Å². The third kappa shape index (κ3) is 4.74. The van der Waals surface area contributed by atoms with E-state index in [0.29, 0.717) is 19.6 Å². The molecule has 41 heavy (non-hydrogen) atoms. The first-order valence-corrected chi connectivity index (χ1v) is 13.6. The molecule has 0 saturated carbocycles. The van der Waals surface area contributed by atoms with Gasteiger partial charge in [0.15, 0.2) is 0 Å². The topological polar surface area (TPSA) is 75.9 Å². The summed E-state index contributed by atoms with van der Waals surface area (Å²) in [5.41, 5.74) is 7.07. The van der Waals surface area contributed by atoms with Crippen LogP contribution in [-0.4, -0.2) is 56.9 Å². The minimum absolute atomic E-state index is 0.0977. The van der Waals surface area contributed by atoms with Crippen molar-refractivity contribution in [1.29, 1.82) is 0 Å². The zero-order chi connectivity index (χ0) is 27.8. The van der Waals surface area contributed by atoms with E-state index in [0.717, 1.165) is 62.6 Å². The third-order valence-corrected chi connectivity index (χ3v) is 7.69. The van der Waals surface area contributed by atoms with Crippen molar-refractivity contribution in [3.05, 3.63) is 109 Å². The number of amides is 1. The van der Waals surface area contributed by atoms with Gasteiger partial charge in [-0.25, -0.2) is 9.97 Å². The first-order chi connectivity index (χ1) is 20.2. The number of carbonyl (C=O) groups is 1. The van der Waals surface area contributed by atoms with Gasteiger partial charge < -0.3 is 14.5 Å². The number of hydrogen-bond acceptors (Lipinski definition) is 6. The summed E-state index contributed by atoms with van der Waals surface area (Å²) in [7, 11) is 1.65. The van der Waals surface area contributed by atoms with E-state index in [1.807, 2.05) is 83.0 Å². The first-order valence-electron chi connectivity index (χ1n) is 13.6. The molecule has 0 radical (unpaired) electrons. The highest BCUT2D eigenvalue weighted by Crippen LogP contribution is 2.30. The van der Waals surface area contributed by atoms with Crippen molar-refractivity contribution >= 4 is 28.3 Å². The number of hydrogen-bond donors (Lipinski definition) is 0. The molecule has 7 rings (SSSR count). The predicted octanol–water partition coefficient (Wildman–Crippen LogP) is 5.47. The van der Waals surface area contributed by atoms with Crippen molar-refractivity contribution in [3.63, 3.8) is 0 Å². The summed E-state index contributed by atoms with van der Waals surface area (Å²) < 4.78 is 7.33. The second-order valence-electron chi connectivity index (χ2n) is 10.2.